The molecule has 2 rings (SSSR count). The lowest BCUT2D eigenvalue weighted by atomic mass is 9.84. The molecule has 1 heteroatoms. The Bertz CT molecular complexity index is 385. The van der Waals surface area contributed by atoms with E-state index in [0.717, 1.165) is 0 Å². The number of hydrogen-bond donors (Lipinski definition) is 0. The largest absolute Gasteiger partial charge is 0.370 e. The third kappa shape index (κ3) is 3.14. The molecule has 0 amide bonds. The van der Waals surface area contributed by atoms with Gasteiger partial charge in [0.25, 0.3) is 0 Å². The van der Waals surface area contributed by atoms with Gasteiger partial charge in [-0.05, 0) is 42.2 Å². The lowest BCUT2D eigenvalue weighted by Gasteiger charge is -2.21. The second kappa shape index (κ2) is 5.05. The minimum absolute atomic E-state index is 0.244. The molecule has 3 atom stereocenters. The van der Waals surface area contributed by atoms with E-state index in [9.17, 15) is 0 Å². The van der Waals surface area contributed by atoms with Gasteiger partial charge in [0, 0.05) is 0 Å². The van der Waals surface area contributed by atoms with Crippen molar-refractivity contribution < 1.29 is 4.74 Å². The van der Waals surface area contributed by atoms with Crippen LogP contribution in [0.15, 0.2) is 24.3 Å². The van der Waals surface area contributed by atoms with E-state index in [0.29, 0.717) is 18.1 Å². The number of rotatable bonds is 4. The fourth-order valence-corrected chi connectivity index (χ4v) is 2.55. The lowest BCUT2D eigenvalue weighted by Crippen LogP contribution is -2.11. The van der Waals surface area contributed by atoms with Gasteiger partial charge in [-0.15, -0.1) is 0 Å². The summed E-state index contributed by atoms with van der Waals surface area (Å²) in [6.45, 7) is 11.2. The van der Waals surface area contributed by atoms with Crippen molar-refractivity contribution in [2.24, 2.45) is 0 Å². The van der Waals surface area contributed by atoms with Gasteiger partial charge >= 0.3 is 0 Å². The second-order valence-corrected chi connectivity index (χ2v) is 6.59. The normalized spacial score (nSPS) is 24.9. The molecule has 3 unspecified atom stereocenters. The maximum Gasteiger partial charge on any atom is 0.0844 e. The summed E-state index contributed by atoms with van der Waals surface area (Å²) < 4.78 is 5.55. The van der Waals surface area contributed by atoms with Crippen LogP contribution in [0.5, 0.6) is 0 Å². The molecule has 0 bridgehead atoms. The van der Waals surface area contributed by atoms with Crippen LogP contribution in [0.2, 0.25) is 0 Å². The lowest BCUT2D eigenvalue weighted by molar-refractivity contribution is 0.357. The Morgan fingerprint density at radius 2 is 1.72 bits per heavy atom. The van der Waals surface area contributed by atoms with Crippen LogP contribution >= 0.6 is 0 Å². The van der Waals surface area contributed by atoms with Crippen LogP contribution in [0.25, 0.3) is 0 Å². The highest BCUT2D eigenvalue weighted by atomic mass is 16.6. The van der Waals surface area contributed by atoms with E-state index in [1.54, 1.807) is 0 Å². The monoisotopic (exact) mass is 246 g/mol. The Labute approximate surface area is 112 Å². The average molecular weight is 246 g/mol. The standard InChI is InChI=1S/C17H26O/c1-6-13(11-16-12(2)18-16)14-7-9-15(10-8-14)17(3,4)5/h7-10,12-13,16H,6,11H2,1-5H3. The zero-order valence-corrected chi connectivity index (χ0v) is 12.4. The molecule has 1 saturated heterocycles. The van der Waals surface area contributed by atoms with E-state index in [1.807, 2.05) is 0 Å². The molecule has 18 heavy (non-hydrogen) atoms. The predicted octanol–water partition coefficient (Wildman–Crippen LogP) is 4.66. The maximum absolute atomic E-state index is 5.55. The molecular formula is C17H26O. The zero-order valence-electron chi connectivity index (χ0n) is 12.4. The summed E-state index contributed by atoms with van der Waals surface area (Å²) in [6, 6.07) is 9.19. The maximum atomic E-state index is 5.55. The molecule has 1 aliphatic heterocycles. The number of epoxide rings is 1. The Balaban J connectivity index is 2.07. The molecule has 0 radical (unpaired) electrons. The van der Waals surface area contributed by atoms with Crippen LogP contribution in [0.4, 0.5) is 0 Å². The van der Waals surface area contributed by atoms with E-state index in [2.05, 4.69) is 58.9 Å². The summed E-state index contributed by atoms with van der Waals surface area (Å²) in [5.41, 5.74) is 3.12. The predicted molar refractivity (Wildman–Crippen MR) is 77.1 cm³/mol. The first-order valence-electron chi connectivity index (χ1n) is 7.17. The van der Waals surface area contributed by atoms with Crippen LogP contribution in [-0.4, -0.2) is 12.2 Å². The topological polar surface area (TPSA) is 12.5 Å². The first kappa shape index (κ1) is 13.6. The summed E-state index contributed by atoms with van der Waals surface area (Å²) in [5, 5.41) is 0. The molecule has 0 N–H and O–H groups in total. The molecular weight excluding hydrogens is 220 g/mol. The molecule has 1 nitrogen and oxygen atoms in total. The molecule has 1 heterocycles. The average Bonchev–Trinajstić information content (AvgIpc) is 3.01. The van der Waals surface area contributed by atoms with Crippen LogP contribution in [0, 0.1) is 0 Å². The van der Waals surface area contributed by atoms with E-state index < -0.39 is 0 Å². The van der Waals surface area contributed by atoms with Gasteiger partial charge in [0.2, 0.25) is 0 Å². The first-order chi connectivity index (χ1) is 8.41. The van der Waals surface area contributed by atoms with Crippen molar-refractivity contribution in [2.75, 3.05) is 0 Å². The number of benzene rings is 1. The highest BCUT2D eigenvalue weighted by Gasteiger charge is 2.35. The van der Waals surface area contributed by atoms with Gasteiger partial charge in [-0.1, -0.05) is 52.0 Å². The van der Waals surface area contributed by atoms with E-state index in [4.69, 9.17) is 4.74 Å². The summed E-state index contributed by atoms with van der Waals surface area (Å²) in [7, 11) is 0. The van der Waals surface area contributed by atoms with Crippen LogP contribution in [0.3, 0.4) is 0 Å². The van der Waals surface area contributed by atoms with E-state index in [-0.39, 0.29) is 5.41 Å². The van der Waals surface area contributed by atoms with Crippen molar-refractivity contribution in [2.45, 2.75) is 71.0 Å². The summed E-state index contributed by atoms with van der Waals surface area (Å²) in [4.78, 5) is 0. The van der Waals surface area contributed by atoms with Gasteiger partial charge < -0.3 is 4.74 Å². The number of ether oxygens (including phenoxy) is 1. The van der Waals surface area contributed by atoms with E-state index >= 15 is 0 Å². The molecule has 1 fully saturated rings. The van der Waals surface area contributed by atoms with Crippen LogP contribution < -0.4 is 0 Å². The third-order valence-electron chi connectivity index (χ3n) is 4.09. The third-order valence-corrected chi connectivity index (χ3v) is 4.09. The molecule has 0 aliphatic carbocycles. The van der Waals surface area contributed by atoms with Gasteiger partial charge in [0.05, 0.1) is 12.2 Å². The molecule has 1 aromatic rings. The van der Waals surface area contributed by atoms with Crippen molar-refractivity contribution in [1.29, 1.82) is 0 Å². The Kier molecular flexibility index (Phi) is 3.82. The zero-order chi connectivity index (χ0) is 13.3. The minimum atomic E-state index is 0.244. The highest BCUT2D eigenvalue weighted by molar-refractivity contribution is 5.29. The molecule has 0 aromatic heterocycles. The van der Waals surface area contributed by atoms with Gasteiger partial charge in [-0.2, -0.15) is 0 Å². The first-order valence-corrected chi connectivity index (χ1v) is 7.17. The number of hydrogen-bond acceptors (Lipinski definition) is 1. The van der Waals surface area contributed by atoms with Gasteiger partial charge in [0.15, 0.2) is 0 Å². The summed E-state index contributed by atoms with van der Waals surface area (Å²) >= 11 is 0. The van der Waals surface area contributed by atoms with Crippen molar-refractivity contribution >= 4 is 0 Å². The fraction of sp³-hybridized carbons (Fsp3) is 0.647. The van der Waals surface area contributed by atoms with Crippen LogP contribution in [-0.2, 0) is 10.2 Å². The highest BCUT2D eigenvalue weighted by Crippen LogP contribution is 2.35. The smallest absolute Gasteiger partial charge is 0.0844 e. The van der Waals surface area contributed by atoms with Crippen molar-refractivity contribution in [3.8, 4) is 0 Å². The van der Waals surface area contributed by atoms with Crippen molar-refractivity contribution in [3.63, 3.8) is 0 Å². The Morgan fingerprint density at radius 3 is 2.11 bits per heavy atom. The molecule has 0 spiro atoms. The molecule has 1 aliphatic rings. The second-order valence-electron chi connectivity index (χ2n) is 6.59. The molecule has 0 saturated carbocycles. The van der Waals surface area contributed by atoms with E-state index in [1.165, 1.54) is 24.0 Å². The van der Waals surface area contributed by atoms with Crippen molar-refractivity contribution in [3.05, 3.63) is 35.4 Å². The van der Waals surface area contributed by atoms with Gasteiger partial charge in [0.1, 0.15) is 0 Å². The summed E-state index contributed by atoms with van der Waals surface area (Å²) in [5.74, 6) is 0.647. The van der Waals surface area contributed by atoms with Gasteiger partial charge in [-0.3, -0.25) is 0 Å². The Morgan fingerprint density at radius 1 is 1.17 bits per heavy atom. The SMILES string of the molecule is CCC(CC1OC1C)c1ccc(C(C)(C)C)cc1. The van der Waals surface area contributed by atoms with Crippen LogP contribution in [0.1, 0.15) is 64.5 Å². The quantitative estimate of drug-likeness (QED) is 0.704. The minimum Gasteiger partial charge on any atom is -0.370 e. The molecule has 1 aromatic carbocycles. The van der Waals surface area contributed by atoms with Crippen molar-refractivity contribution in [1.82, 2.24) is 0 Å². The Hall–Kier alpha value is -0.820. The fourth-order valence-electron chi connectivity index (χ4n) is 2.55. The van der Waals surface area contributed by atoms with Gasteiger partial charge in [-0.25, -0.2) is 0 Å². The summed E-state index contributed by atoms with van der Waals surface area (Å²) in [6.07, 6.45) is 3.35. The molecule has 100 valence electrons.